The summed E-state index contributed by atoms with van der Waals surface area (Å²) in [6.07, 6.45) is 2.08. The van der Waals surface area contributed by atoms with Gasteiger partial charge in [0.2, 0.25) is 5.91 Å². The second-order valence-corrected chi connectivity index (χ2v) is 5.67. The molecule has 0 aliphatic carbocycles. The number of rotatable bonds is 7. The number of aryl methyl sites for hydroxylation is 2. The van der Waals surface area contributed by atoms with Crippen LogP contribution in [0.3, 0.4) is 0 Å². The van der Waals surface area contributed by atoms with Gasteiger partial charge in [0.1, 0.15) is 0 Å². The third-order valence-corrected chi connectivity index (χ3v) is 3.70. The van der Waals surface area contributed by atoms with Crippen LogP contribution < -0.4 is 5.32 Å². The Hall–Kier alpha value is -1.35. The topological polar surface area (TPSA) is 32.3 Å². The molecule has 2 unspecified atom stereocenters. The lowest BCUT2D eigenvalue weighted by atomic mass is 10.0. The van der Waals surface area contributed by atoms with Crippen molar-refractivity contribution >= 4 is 5.91 Å². The standard InChI is InChI=1S/C17H28N2O/c1-6-19(5)17(20)15(4)18-14(3)10-11-16-9-7-8-13(2)12-16/h7-9,12,14-15,18H,6,10-11H2,1-5H3. The fraction of sp³-hybridized carbons (Fsp3) is 0.588. The first-order valence-corrected chi connectivity index (χ1v) is 7.50. The summed E-state index contributed by atoms with van der Waals surface area (Å²) in [6.45, 7) is 8.95. The van der Waals surface area contributed by atoms with E-state index in [1.807, 2.05) is 20.9 Å². The van der Waals surface area contributed by atoms with Crippen molar-refractivity contribution in [1.82, 2.24) is 10.2 Å². The Kier molecular flexibility index (Phi) is 6.73. The van der Waals surface area contributed by atoms with Gasteiger partial charge in [-0.05, 0) is 46.1 Å². The summed E-state index contributed by atoms with van der Waals surface area (Å²) in [5.74, 6) is 0.162. The number of nitrogens with one attached hydrogen (secondary N) is 1. The van der Waals surface area contributed by atoms with E-state index in [-0.39, 0.29) is 11.9 Å². The minimum Gasteiger partial charge on any atom is -0.345 e. The van der Waals surface area contributed by atoms with Gasteiger partial charge >= 0.3 is 0 Å². The van der Waals surface area contributed by atoms with Crippen LogP contribution in [0.2, 0.25) is 0 Å². The molecule has 1 aromatic rings. The molecule has 0 fully saturated rings. The molecule has 0 aliphatic rings. The van der Waals surface area contributed by atoms with Gasteiger partial charge in [0, 0.05) is 19.6 Å². The molecule has 0 aliphatic heterocycles. The molecule has 0 aromatic heterocycles. The summed E-state index contributed by atoms with van der Waals surface area (Å²) >= 11 is 0. The average Bonchev–Trinajstić information content (AvgIpc) is 2.43. The van der Waals surface area contributed by atoms with Crippen molar-refractivity contribution in [3.63, 3.8) is 0 Å². The first-order chi connectivity index (χ1) is 9.43. The van der Waals surface area contributed by atoms with Gasteiger partial charge in [-0.25, -0.2) is 0 Å². The zero-order valence-electron chi connectivity index (χ0n) is 13.4. The Bertz CT molecular complexity index is 431. The van der Waals surface area contributed by atoms with Gasteiger partial charge in [-0.15, -0.1) is 0 Å². The molecule has 3 nitrogen and oxygen atoms in total. The first kappa shape index (κ1) is 16.7. The predicted octanol–water partition coefficient (Wildman–Crippen LogP) is 2.77. The average molecular weight is 276 g/mol. The molecule has 0 spiro atoms. The van der Waals surface area contributed by atoms with Crippen LogP contribution in [0.25, 0.3) is 0 Å². The highest BCUT2D eigenvalue weighted by molar-refractivity contribution is 5.81. The largest absolute Gasteiger partial charge is 0.345 e. The van der Waals surface area contributed by atoms with Crippen molar-refractivity contribution in [2.75, 3.05) is 13.6 Å². The van der Waals surface area contributed by atoms with Gasteiger partial charge in [-0.1, -0.05) is 29.8 Å². The van der Waals surface area contributed by atoms with E-state index in [4.69, 9.17) is 0 Å². The van der Waals surface area contributed by atoms with Crippen LogP contribution in [0.15, 0.2) is 24.3 Å². The second kappa shape index (κ2) is 8.05. The molecule has 2 atom stereocenters. The van der Waals surface area contributed by atoms with E-state index in [0.29, 0.717) is 6.04 Å². The molecule has 0 saturated heterocycles. The SMILES string of the molecule is CCN(C)C(=O)C(C)NC(C)CCc1cccc(C)c1. The van der Waals surface area contributed by atoms with Crippen molar-refractivity contribution in [2.45, 2.75) is 52.6 Å². The molecule has 0 radical (unpaired) electrons. The summed E-state index contributed by atoms with van der Waals surface area (Å²) in [6, 6.07) is 8.83. The van der Waals surface area contributed by atoms with Gasteiger partial charge < -0.3 is 10.2 Å². The van der Waals surface area contributed by atoms with E-state index in [2.05, 4.69) is 43.4 Å². The maximum atomic E-state index is 12.0. The Morgan fingerprint density at radius 3 is 2.65 bits per heavy atom. The third kappa shape index (κ3) is 5.33. The fourth-order valence-electron chi connectivity index (χ4n) is 2.32. The van der Waals surface area contributed by atoms with Gasteiger partial charge in [0.05, 0.1) is 6.04 Å². The Morgan fingerprint density at radius 1 is 1.35 bits per heavy atom. The van der Waals surface area contributed by atoms with Crippen LogP contribution in [0.1, 0.15) is 38.3 Å². The van der Waals surface area contributed by atoms with Gasteiger partial charge in [0.25, 0.3) is 0 Å². The zero-order valence-corrected chi connectivity index (χ0v) is 13.4. The number of nitrogens with zero attached hydrogens (tertiary/aromatic N) is 1. The van der Waals surface area contributed by atoms with E-state index < -0.39 is 0 Å². The molecule has 112 valence electrons. The summed E-state index contributed by atoms with van der Waals surface area (Å²) in [5, 5.41) is 3.39. The number of carbonyl (C=O) groups is 1. The molecule has 0 saturated carbocycles. The van der Waals surface area contributed by atoms with Crippen molar-refractivity contribution in [1.29, 1.82) is 0 Å². The minimum atomic E-state index is -0.118. The van der Waals surface area contributed by atoms with Crippen LogP contribution in [-0.4, -0.2) is 36.5 Å². The smallest absolute Gasteiger partial charge is 0.239 e. The van der Waals surface area contributed by atoms with Crippen molar-refractivity contribution in [2.24, 2.45) is 0 Å². The fourth-order valence-corrected chi connectivity index (χ4v) is 2.32. The maximum absolute atomic E-state index is 12.0. The van der Waals surface area contributed by atoms with Gasteiger partial charge in [-0.2, -0.15) is 0 Å². The summed E-state index contributed by atoms with van der Waals surface area (Å²) in [7, 11) is 1.85. The molecule has 0 bridgehead atoms. The van der Waals surface area contributed by atoms with E-state index in [1.165, 1.54) is 11.1 Å². The Morgan fingerprint density at radius 2 is 2.05 bits per heavy atom. The van der Waals surface area contributed by atoms with Crippen molar-refractivity contribution in [3.8, 4) is 0 Å². The number of hydrogen-bond donors (Lipinski definition) is 1. The van der Waals surface area contributed by atoms with Crippen molar-refractivity contribution in [3.05, 3.63) is 35.4 Å². The monoisotopic (exact) mass is 276 g/mol. The third-order valence-electron chi connectivity index (χ3n) is 3.70. The van der Waals surface area contributed by atoms with Gasteiger partial charge in [-0.3, -0.25) is 4.79 Å². The number of carbonyl (C=O) groups excluding carboxylic acids is 1. The lowest BCUT2D eigenvalue weighted by Crippen LogP contribution is -2.46. The van der Waals surface area contributed by atoms with Crippen LogP contribution >= 0.6 is 0 Å². The molecule has 1 N–H and O–H groups in total. The highest BCUT2D eigenvalue weighted by Crippen LogP contribution is 2.08. The molecular formula is C17H28N2O. The van der Waals surface area contributed by atoms with E-state index in [1.54, 1.807) is 4.90 Å². The van der Waals surface area contributed by atoms with Gasteiger partial charge in [0.15, 0.2) is 0 Å². The molecule has 3 heteroatoms. The molecule has 1 rings (SSSR count). The van der Waals surface area contributed by atoms with E-state index in [9.17, 15) is 4.79 Å². The number of amides is 1. The molecule has 20 heavy (non-hydrogen) atoms. The Labute approximate surface area is 123 Å². The molecule has 1 amide bonds. The van der Waals surface area contributed by atoms with Crippen LogP contribution in [-0.2, 0) is 11.2 Å². The zero-order chi connectivity index (χ0) is 15.1. The maximum Gasteiger partial charge on any atom is 0.239 e. The summed E-state index contributed by atoms with van der Waals surface area (Å²) < 4.78 is 0. The first-order valence-electron chi connectivity index (χ1n) is 7.50. The quantitative estimate of drug-likeness (QED) is 0.830. The highest BCUT2D eigenvalue weighted by Gasteiger charge is 2.17. The van der Waals surface area contributed by atoms with Crippen LogP contribution in [0, 0.1) is 6.92 Å². The normalized spacial score (nSPS) is 13.8. The number of hydrogen-bond acceptors (Lipinski definition) is 2. The second-order valence-electron chi connectivity index (χ2n) is 5.67. The van der Waals surface area contributed by atoms with E-state index in [0.717, 1.165) is 19.4 Å². The number of benzene rings is 1. The van der Waals surface area contributed by atoms with Crippen LogP contribution in [0.5, 0.6) is 0 Å². The highest BCUT2D eigenvalue weighted by atomic mass is 16.2. The van der Waals surface area contributed by atoms with E-state index >= 15 is 0 Å². The molecule has 0 heterocycles. The lowest BCUT2D eigenvalue weighted by Gasteiger charge is -2.24. The minimum absolute atomic E-state index is 0.118. The molecule has 1 aromatic carbocycles. The molecular weight excluding hydrogens is 248 g/mol. The predicted molar refractivity (Wildman–Crippen MR) is 84.9 cm³/mol. The van der Waals surface area contributed by atoms with Crippen molar-refractivity contribution < 1.29 is 4.79 Å². The summed E-state index contributed by atoms with van der Waals surface area (Å²) in [4.78, 5) is 13.7. The van der Waals surface area contributed by atoms with Crippen LogP contribution in [0.4, 0.5) is 0 Å². The number of likely N-dealkylation sites (N-methyl/N-ethyl adjacent to an activating group) is 1. The Balaban J connectivity index is 2.40. The lowest BCUT2D eigenvalue weighted by molar-refractivity contribution is -0.131. The summed E-state index contributed by atoms with van der Waals surface area (Å²) in [5.41, 5.74) is 2.67.